The molecule has 1 amide bonds. The monoisotopic (exact) mass is 296 g/mol. The lowest BCUT2D eigenvalue weighted by Crippen LogP contribution is -2.26. The molecular formula is C14H11ClF2N2O. The molecule has 0 bridgehead atoms. The molecule has 0 aliphatic rings. The topological polar surface area (TPSA) is 42.0 Å². The predicted molar refractivity (Wildman–Crippen MR) is 71.6 cm³/mol. The third-order valence-electron chi connectivity index (χ3n) is 2.66. The average molecular weight is 297 g/mol. The number of nitrogens with one attached hydrogen (secondary N) is 1. The summed E-state index contributed by atoms with van der Waals surface area (Å²) >= 11 is 5.72. The Morgan fingerprint density at radius 3 is 2.60 bits per heavy atom. The van der Waals surface area contributed by atoms with Gasteiger partial charge in [0.15, 0.2) is 0 Å². The van der Waals surface area contributed by atoms with Crippen LogP contribution in [0.2, 0.25) is 5.15 Å². The highest BCUT2D eigenvalue weighted by atomic mass is 35.5. The number of hydrogen-bond donors (Lipinski definition) is 1. The van der Waals surface area contributed by atoms with Gasteiger partial charge in [-0.05, 0) is 30.2 Å². The zero-order chi connectivity index (χ0) is 14.5. The summed E-state index contributed by atoms with van der Waals surface area (Å²) < 4.78 is 25.7. The van der Waals surface area contributed by atoms with Gasteiger partial charge in [0.1, 0.15) is 16.8 Å². The highest BCUT2D eigenvalue weighted by molar-refractivity contribution is 6.32. The number of nitrogens with zero attached hydrogens (tertiary/aromatic N) is 1. The largest absolute Gasteiger partial charge is 0.352 e. The molecule has 6 heteroatoms. The van der Waals surface area contributed by atoms with Crippen molar-refractivity contribution in [2.24, 2.45) is 0 Å². The molecular weight excluding hydrogens is 286 g/mol. The van der Waals surface area contributed by atoms with Gasteiger partial charge in [0.25, 0.3) is 5.91 Å². The zero-order valence-electron chi connectivity index (χ0n) is 10.4. The fraction of sp³-hybridized carbons (Fsp3) is 0.143. The van der Waals surface area contributed by atoms with Crippen LogP contribution in [-0.2, 0) is 6.42 Å². The van der Waals surface area contributed by atoms with Gasteiger partial charge in [-0.1, -0.05) is 23.7 Å². The second kappa shape index (κ2) is 6.43. The van der Waals surface area contributed by atoms with Gasteiger partial charge in [0.2, 0.25) is 0 Å². The number of amides is 1. The minimum absolute atomic E-state index is 0.00854. The van der Waals surface area contributed by atoms with Crippen molar-refractivity contribution in [1.29, 1.82) is 0 Å². The highest BCUT2D eigenvalue weighted by Crippen LogP contribution is 2.13. The maximum Gasteiger partial charge on any atom is 0.254 e. The number of rotatable bonds is 4. The van der Waals surface area contributed by atoms with Crippen LogP contribution in [0.25, 0.3) is 0 Å². The lowest BCUT2D eigenvalue weighted by Gasteiger charge is -2.06. The van der Waals surface area contributed by atoms with Gasteiger partial charge in [0.05, 0.1) is 11.8 Å². The fourth-order valence-electron chi connectivity index (χ4n) is 1.65. The molecule has 1 heterocycles. The first-order chi connectivity index (χ1) is 9.56. The van der Waals surface area contributed by atoms with E-state index < -0.39 is 11.7 Å². The summed E-state index contributed by atoms with van der Waals surface area (Å²) in [5.74, 6) is -1.43. The van der Waals surface area contributed by atoms with Gasteiger partial charge in [-0.2, -0.15) is 0 Å². The first kappa shape index (κ1) is 14.4. The van der Waals surface area contributed by atoms with Crippen molar-refractivity contribution in [1.82, 2.24) is 10.3 Å². The van der Waals surface area contributed by atoms with E-state index in [0.717, 1.165) is 17.8 Å². The van der Waals surface area contributed by atoms with Gasteiger partial charge in [-0.25, -0.2) is 13.8 Å². The van der Waals surface area contributed by atoms with Gasteiger partial charge in [-0.15, -0.1) is 0 Å². The number of aromatic nitrogens is 1. The molecule has 0 aliphatic carbocycles. The van der Waals surface area contributed by atoms with Crippen molar-refractivity contribution in [3.63, 3.8) is 0 Å². The SMILES string of the molecule is O=C(NCCc1ccc(F)cc1)c1cc(F)cnc1Cl. The third-order valence-corrected chi connectivity index (χ3v) is 2.96. The van der Waals surface area contributed by atoms with E-state index in [-0.39, 0.29) is 16.5 Å². The maximum absolute atomic E-state index is 13.0. The Morgan fingerprint density at radius 1 is 1.20 bits per heavy atom. The van der Waals surface area contributed by atoms with Crippen molar-refractivity contribution in [2.75, 3.05) is 6.54 Å². The first-order valence-electron chi connectivity index (χ1n) is 5.90. The standard InChI is InChI=1S/C14H11ClF2N2O/c15-13-12(7-11(17)8-19-13)14(20)18-6-5-9-1-3-10(16)4-2-9/h1-4,7-8H,5-6H2,(H,18,20). The molecule has 0 aliphatic heterocycles. The number of carbonyl (C=O) groups excluding carboxylic acids is 1. The third kappa shape index (κ3) is 3.74. The van der Waals surface area contributed by atoms with E-state index >= 15 is 0 Å². The predicted octanol–water partition coefficient (Wildman–Crippen LogP) is 2.99. The molecule has 0 saturated heterocycles. The van der Waals surface area contributed by atoms with Crippen molar-refractivity contribution < 1.29 is 13.6 Å². The van der Waals surface area contributed by atoms with Gasteiger partial charge in [0, 0.05) is 6.54 Å². The maximum atomic E-state index is 13.0. The van der Waals surface area contributed by atoms with E-state index in [2.05, 4.69) is 10.3 Å². The number of pyridine rings is 1. The van der Waals surface area contributed by atoms with Crippen LogP contribution in [-0.4, -0.2) is 17.4 Å². The molecule has 20 heavy (non-hydrogen) atoms. The summed E-state index contributed by atoms with van der Waals surface area (Å²) in [6.45, 7) is 0.331. The average Bonchev–Trinajstić information content (AvgIpc) is 2.43. The molecule has 1 N–H and O–H groups in total. The molecule has 0 saturated carbocycles. The second-order valence-corrected chi connectivity index (χ2v) is 4.48. The van der Waals surface area contributed by atoms with Crippen LogP contribution in [0.4, 0.5) is 8.78 Å². The van der Waals surface area contributed by atoms with Gasteiger partial charge in [-0.3, -0.25) is 4.79 Å². The van der Waals surface area contributed by atoms with Crippen molar-refractivity contribution in [3.05, 3.63) is 64.4 Å². The second-order valence-electron chi connectivity index (χ2n) is 4.12. The molecule has 3 nitrogen and oxygen atoms in total. The lowest BCUT2D eigenvalue weighted by molar-refractivity contribution is 0.0953. The van der Waals surface area contributed by atoms with Crippen LogP contribution in [0.15, 0.2) is 36.5 Å². The van der Waals surface area contributed by atoms with Crippen molar-refractivity contribution >= 4 is 17.5 Å². The summed E-state index contributed by atoms with van der Waals surface area (Å²) in [5.41, 5.74) is 0.876. The van der Waals surface area contributed by atoms with E-state index in [0.29, 0.717) is 13.0 Å². The van der Waals surface area contributed by atoms with Crippen LogP contribution in [0.1, 0.15) is 15.9 Å². The Labute approximate surface area is 119 Å². The van der Waals surface area contributed by atoms with E-state index in [9.17, 15) is 13.6 Å². The van der Waals surface area contributed by atoms with Crippen LogP contribution in [0.5, 0.6) is 0 Å². The van der Waals surface area contributed by atoms with Crippen LogP contribution in [0.3, 0.4) is 0 Å². The Kier molecular flexibility index (Phi) is 4.63. The minimum Gasteiger partial charge on any atom is -0.352 e. The molecule has 2 aromatic rings. The molecule has 2 rings (SSSR count). The van der Waals surface area contributed by atoms with Crippen LogP contribution < -0.4 is 5.32 Å². The summed E-state index contributed by atoms with van der Waals surface area (Å²) in [7, 11) is 0. The van der Waals surface area contributed by atoms with Crippen molar-refractivity contribution in [3.8, 4) is 0 Å². The molecule has 0 fully saturated rings. The number of halogens is 3. The van der Waals surface area contributed by atoms with E-state index in [1.807, 2.05) is 0 Å². The van der Waals surface area contributed by atoms with Crippen LogP contribution in [0, 0.1) is 11.6 Å². The fourth-order valence-corrected chi connectivity index (χ4v) is 1.84. The molecule has 104 valence electrons. The molecule has 1 aromatic heterocycles. The van der Waals surface area contributed by atoms with Crippen molar-refractivity contribution in [2.45, 2.75) is 6.42 Å². The quantitative estimate of drug-likeness (QED) is 0.881. The zero-order valence-corrected chi connectivity index (χ0v) is 11.1. The molecule has 0 unspecified atom stereocenters. The Balaban J connectivity index is 1.92. The molecule has 0 spiro atoms. The Hall–Kier alpha value is -2.01. The minimum atomic E-state index is -0.627. The first-order valence-corrected chi connectivity index (χ1v) is 6.28. The summed E-state index contributed by atoms with van der Waals surface area (Å²) in [5, 5.41) is 2.56. The summed E-state index contributed by atoms with van der Waals surface area (Å²) in [4.78, 5) is 15.4. The molecule has 1 aromatic carbocycles. The normalized spacial score (nSPS) is 10.3. The van der Waals surface area contributed by atoms with Gasteiger partial charge < -0.3 is 5.32 Å². The van der Waals surface area contributed by atoms with Gasteiger partial charge >= 0.3 is 0 Å². The number of benzene rings is 1. The lowest BCUT2D eigenvalue weighted by atomic mass is 10.1. The van der Waals surface area contributed by atoms with Crippen LogP contribution >= 0.6 is 11.6 Å². The summed E-state index contributed by atoms with van der Waals surface area (Å²) in [6.07, 6.45) is 1.48. The van der Waals surface area contributed by atoms with E-state index in [4.69, 9.17) is 11.6 Å². The highest BCUT2D eigenvalue weighted by Gasteiger charge is 2.12. The number of carbonyl (C=O) groups is 1. The molecule has 0 radical (unpaired) electrons. The number of hydrogen-bond acceptors (Lipinski definition) is 2. The molecule has 0 atom stereocenters. The smallest absolute Gasteiger partial charge is 0.254 e. The van der Waals surface area contributed by atoms with E-state index in [1.165, 1.54) is 12.1 Å². The Bertz CT molecular complexity index is 617. The Morgan fingerprint density at radius 2 is 1.90 bits per heavy atom. The van der Waals surface area contributed by atoms with E-state index in [1.54, 1.807) is 12.1 Å². The summed E-state index contributed by atoms with van der Waals surface area (Å²) in [6, 6.07) is 7.01.